The summed E-state index contributed by atoms with van der Waals surface area (Å²) < 4.78 is 11.0. The summed E-state index contributed by atoms with van der Waals surface area (Å²) in [6.07, 6.45) is 3.07. The minimum atomic E-state index is -0.0904. The zero-order valence-electron chi connectivity index (χ0n) is 19.4. The Labute approximate surface area is 204 Å². The summed E-state index contributed by atoms with van der Waals surface area (Å²) in [6.45, 7) is 3.46. The number of halogens is 1. The molecule has 8 heteroatoms. The molecule has 1 fully saturated rings. The summed E-state index contributed by atoms with van der Waals surface area (Å²) in [5, 5.41) is 0.566. The first kappa shape index (κ1) is 23.8. The second-order valence-electron chi connectivity index (χ2n) is 8.53. The van der Waals surface area contributed by atoms with Crippen molar-refractivity contribution in [3.8, 4) is 5.75 Å². The number of nitrogens with zero attached hydrogens (tertiary/aromatic N) is 3. The fourth-order valence-electron chi connectivity index (χ4n) is 4.18. The van der Waals surface area contributed by atoms with Gasteiger partial charge in [0.05, 0.1) is 24.1 Å². The Morgan fingerprint density at radius 3 is 2.68 bits per heavy atom. The van der Waals surface area contributed by atoms with Crippen LogP contribution in [0.4, 0.5) is 0 Å². The second-order valence-corrected chi connectivity index (χ2v) is 8.96. The molecule has 2 amide bonds. The lowest BCUT2D eigenvalue weighted by Gasteiger charge is -2.32. The van der Waals surface area contributed by atoms with E-state index in [1.54, 1.807) is 47.4 Å². The lowest BCUT2D eigenvalue weighted by Crippen LogP contribution is -2.41. The number of pyridine rings is 1. The van der Waals surface area contributed by atoms with Gasteiger partial charge in [-0.1, -0.05) is 17.7 Å². The largest absolute Gasteiger partial charge is 0.484 e. The Bertz CT molecular complexity index is 1140. The Morgan fingerprint density at radius 1 is 1.18 bits per heavy atom. The number of hydrogen-bond acceptors (Lipinski definition) is 5. The van der Waals surface area contributed by atoms with Crippen LogP contribution in [0.15, 0.2) is 59.2 Å². The van der Waals surface area contributed by atoms with Crippen LogP contribution < -0.4 is 4.74 Å². The van der Waals surface area contributed by atoms with E-state index in [0.717, 1.165) is 30.0 Å². The fraction of sp³-hybridized carbons (Fsp3) is 0.346. The van der Waals surface area contributed by atoms with E-state index in [1.165, 1.54) is 0 Å². The van der Waals surface area contributed by atoms with Gasteiger partial charge in [0.1, 0.15) is 11.5 Å². The molecule has 1 saturated heterocycles. The number of carbonyl (C=O) groups is 2. The topological polar surface area (TPSA) is 75.9 Å². The third kappa shape index (κ3) is 5.78. The number of furan rings is 1. The number of rotatable bonds is 7. The molecule has 0 spiro atoms. The molecular weight excluding hydrogens is 454 g/mol. The first-order valence-electron chi connectivity index (χ1n) is 11.3. The van der Waals surface area contributed by atoms with Gasteiger partial charge in [-0.25, -0.2) is 0 Å². The van der Waals surface area contributed by atoms with Gasteiger partial charge < -0.3 is 19.0 Å². The number of aromatic nitrogens is 1. The average molecular weight is 482 g/mol. The van der Waals surface area contributed by atoms with Crippen LogP contribution in [0.3, 0.4) is 0 Å². The fourth-order valence-corrected chi connectivity index (χ4v) is 4.36. The maximum atomic E-state index is 13.2. The smallest absolute Gasteiger partial charge is 0.260 e. The molecule has 0 unspecified atom stereocenters. The van der Waals surface area contributed by atoms with Crippen LogP contribution in [0, 0.1) is 6.92 Å². The predicted octanol–water partition coefficient (Wildman–Crippen LogP) is 4.69. The maximum Gasteiger partial charge on any atom is 0.260 e. The Hall–Kier alpha value is -3.32. The molecule has 3 aromatic rings. The van der Waals surface area contributed by atoms with Gasteiger partial charge in [-0.2, -0.15) is 0 Å². The third-order valence-electron chi connectivity index (χ3n) is 6.01. The molecule has 0 aliphatic carbocycles. The molecule has 0 N–H and O–H groups in total. The highest BCUT2D eigenvalue weighted by molar-refractivity contribution is 6.30. The number of hydrogen-bond donors (Lipinski definition) is 0. The average Bonchev–Trinajstić information content (AvgIpc) is 3.35. The predicted molar refractivity (Wildman–Crippen MR) is 129 cm³/mol. The van der Waals surface area contributed by atoms with E-state index >= 15 is 0 Å². The van der Waals surface area contributed by atoms with Gasteiger partial charge in [0.2, 0.25) is 0 Å². The monoisotopic (exact) mass is 481 g/mol. The summed E-state index contributed by atoms with van der Waals surface area (Å²) in [4.78, 5) is 34.1. The van der Waals surface area contributed by atoms with Crippen LogP contribution in [0.1, 0.15) is 46.3 Å². The van der Waals surface area contributed by atoms with Crippen LogP contribution >= 0.6 is 11.6 Å². The van der Waals surface area contributed by atoms with E-state index in [1.807, 2.05) is 31.2 Å². The number of ether oxygens (including phenoxy) is 1. The highest BCUT2D eigenvalue weighted by atomic mass is 35.5. The van der Waals surface area contributed by atoms with Gasteiger partial charge >= 0.3 is 0 Å². The third-order valence-corrected chi connectivity index (χ3v) is 6.24. The molecule has 178 valence electrons. The highest BCUT2D eigenvalue weighted by Crippen LogP contribution is 2.30. The minimum Gasteiger partial charge on any atom is -0.484 e. The van der Waals surface area contributed by atoms with E-state index < -0.39 is 0 Å². The van der Waals surface area contributed by atoms with Crippen molar-refractivity contribution in [2.75, 3.05) is 26.7 Å². The molecule has 0 bridgehead atoms. The molecule has 3 heterocycles. The van der Waals surface area contributed by atoms with Crippen molar-refractivity contribution in [3.63, 3.8) is 0 Å². The highest BCUT2D eigenvalue weighted by Gasteiger charge is 2.29. The zero-order chi connectivity index (χ0) is 24.1. The van der Waals surface area contributed by atoms with Crippen molar-refractivity contribution >= 4 is 23.4 Å². The van der Waals surface area contributed by atoms with E-state index in [-0.39, 0.29) is 24.3 Å². The van der Waals surface area contributed by atoms with Gasteiger partial charge in [-0.15, -0.1) is 0 Å². The summed E-state index contributed by atoms with van der Waals surface area (Å²) in [6, 6.07) is 14.4. The minimum absolute atomic E-state index is 0.0327. The molecule has 34 heavy (non-hydrogen) atoms. The molecule has 0 saturated carbocycles. The number of piperidine rings is 1. The normalized spacial score (nSPS) is 14.1. The van der Waals surface area contributed by atoms with Gasteiger partial charge in [0.15, 0.2) is 6.61 Å². The number of likely N-dealkylation sites (tertiary alicyclic amines) is 1. The summed E-state index contributed by atoms with van der Waals surface area (Å²) in [5.41, 5.74) is 2.28. The number of benzene rings is 1. The molecule has 7 nitrogen and oxygen atoms in total. The summed E-state index contributed by atoms with van der Waals surface area (Å²) in [5.74, 6) is 1.25. The van der Waals surface area contributed by atoms with Crippen LogP contribution in [0.25, 0.3) is 0 Å². The molecule has 1 aromatic carbocycles. The van der Waals surface area contributed by atoms with E-state index in [4.69, 9.17) is 25.7 Å². The van der Waals surface area contributed by atoms with E-state index in [2.05, 4.69) is 0 Å². The van der Waals surface area contributed by atoms with Gasteiger partial charge in [0.25, 0.3) is 11.8 Å². The van der Waals surface area contributed by atoms with Crippen molar-refractivity contribution in [2.24, 2.45) is 0 Å². The second kappa shape index (κ2) is 10.7. The SMILES string of the molecule is Cc1ccc(C(=O)N(C)Cc2ccco2)c(C2CCN(C(=O)COc3cccc(Cl)c3)CC2)n1. The van der Waals surface area contributed by atoms with Gasteiger partial charge in [0, 0.05) is 36.8 Å². The molecule has 0 atom stereocenters. The van der Waals surface area contributed by atoms with Crippen molar-refractivity contribution in [2.45, 2.75) is 32.2 Å². The van der Waals surface area contributed by atoms with Gasteiger partial charge in [-0.3, -0.25) is 14.6 Å². The van der Waals surface area contributed by atoms with Crippen LogP contribution in [-0.2, 0) is 11.3 Å². The molecule has 0 radical (unpaired) electrons. The van der Waals surface area contributed by atoms with Crippen LogP contribution in [0.5, 0.6) is 5.75 Å². The van der Waals surface area contributed by atoms with E-state index in [0.29, 0.717) is 36.0 Å². The first-order chi connectivity index (χ1) is 16.4. The molecular formula is C26H28ClN3O4. The van der Waals surface area contributed by atoms with Crippen molar-refractivity contribution < 1.29 is 18.7 Å². The molecule has 1 aliphatic rings. The number of amides is 2. The molecule has 4 rings (SSSR count). The first-order valence-corrected chi connectivity index (χ1v) is 11.7. The van der Waals surface area contributed by atoms with Crippen LogP contribution in [-0.4, -0.2) is 53.3 Å². The quantitative estimate of drug-likeness (QED) is 0.489. The van der Waals surface area contributed by atoms with Gasteiger partial charge in [-0.05, 0) is 62.2 Å². The zero-order valence-corrected chi connectivity index (χ0v) is 20.1. The number of carbonyl (C=O) groups excluding carboxylic acids is 2. The van der Waals surface area contributed by atoms with Crippen molar-refractivity contribution in [1.82, 2.24) is 14.8 Å². The maximum absolute atomic E-state index is 13.2. The lowest BCUT2D eigenvalue weighted by atomic mass is 9.89. The standard InChI is InChI=1S/C26H28ClN3O4/c1-18-8-9-23(26(32)29(2)16-22-7-4-14-33-22)25(28-18)19-10-12-30(13-11-19)24(31)17-34-21-6-3-5-20(27)15-21/h3-9,14-15,19H,10-13,16-17H2,1-2H3. The lowest BCUT2D eigenvalue weighted by molar-refractivity contribution is -0.134. The van der Waals surface area contributed by atoms with Crippen molar-refractivity contribution in [3.05, 3.63) is 82.5 Å². The van der Waals surface area contributed by atoms with E-state index in [9.17, 15) is 9.59 Å². The van der Waals surface area contributed by atoms with Crippen molar-refractivity contribution in [1.29, 1.82) is 0 Å². The Balaban J connectivity index is 1.38. The Morgan fingerprint density at radius 2 is 1.97 bits per heavy atom. The van der Waals surface area contributed by atoms with Crippen LogP contribution in [0.2, 0.25) is 5.02 Å². The number of aryl methyl sites for hydroxylation is 1. The molecule has 1 aliphatic heterocycles. The summed E-state index contributed by atoms with van der Waals surface area (Å²) in [7, 11) is 1.76. The molecule has 2 aromatic heterocycles. The Kier molecular flexibility index (Phi) is 7.53. The summed E-state index contributed by atoms with van der Waals surface area (Å²) >= 11 is 5.97.